The Morgan fingerprint density at radius 1 is 0.366 bits per heavy atom. The van der Waals surface area contributed by atoms with Crippen molar-refractivity contribution in [2.24, 2.45) is 5.92 Å². The fraction of sp³-hybridized carbons (Fsp3) is 0.309. The van der Waals surface area contributed by atoms with Gasteiger partial charge in [0, 0.05) is 34.4 Å². The van der Waals surface area contributed by atoms with Gasteiger partial charge in [-0.15, -0.1) is 6.58 Å². The Bertz CT molecular complexity index is 2550. The Morgan fingerprint density at radius 2 is 0.662 bits per heavy atom. The molecule has 0 bridgehead atoms. The van der Waals surface area contributed by atoms with Crippen molar-refractivity contribution < 1.29 is 70.9 Å². The summed E-state index contributed by atoms with van der Waals surface area (Å²) in [7, 11) is 0. The van der Waals surface area contributed by atoms with E-state index >= 15 is 17.6 Å². The van der Waals surface area contributed by atoms with E-state index in [1.54, 1.807) is 0 Å². The molecule has 0 spiro atoms. The fourth-order valence-corrected chi connectivity index (χ4v) is 8.31. The molecule has 0 heterocycles. The molecule has 2 nitrogen and oxygen atoms in total. The SMILES string of the molecule is C=CC(CCCCCCCOc1ccc(-c2ccc(-c3cc(F)c(C(F)(F)F)c(F)c3)c(F)c2)c(F)c1)CCCCCCCOc1ccc(-c2ccc(-c3cc(F)c(C(F)(F)F)c(F)c3)c(F)c2)c(F)c1. The normalized spacial score (nSPS) is 11.9. The van der Waals surface area contributed by atoms with E-state index in [-0.39, 0.29) is 44.9 Å². The van der Waals surface area contributed by atoms with Crippen LogP contribution in [0, 0.1) is 52.5 Å². The highest BCUT2D eigenvalue weighted by atomic mass is 19.4. The first-order chi connectivity index (χ1) is 33.7. The number of rotatable bonds is 23. The number of benzene rings is 6. The van der Waals surface area contributed by atoms with Crippen molar-refractivity contribution in [3.8, 4) is 56.0 Å². The first-order valence-corrected chi connectivity index (χ1v) is 23.0. The fourth-order valence-electron chi connectivity index (χ4n) is 8.31. The van der Waals surface area contributed by atoms with E-state index < -0.39 is 81.1 Å². The van der Waals surface area contributed by atoms with E-state index in [2.05, 4.69) is 6.58 Å². The summed E-state index contributed by atoms with van der Waals surface area (Å²) in [6.45, 7) is 4.71. The maximum absolute atomic E-state index is 15.1. The molecule has 0 N–H and O–H groups in total. The summed E-state index contributed by atoms with van der Waals surface area (Å²) in [5, 5.41) is 0. The van der Waals surface area contributed by atoms with Gasteiger partial charge < -0.3 is 9.47 Å². The molecule has 0 saturated heterocycles. The molecule has 6 aromatic carbocycles. The van der Waals surface area contributed by atoms with Crippen LogP contribution in [0.15, 0.2) is 110 Å². The van der Waals surface area contributed by atoms with Gasteiger partial charge in [-0.25, -0.2) is 35.1 Å². The molecule has 0 aromatic heterocycles. The van der Waals surface area contributed by atoms with E-state index in [0.29, 0.717) is 43.4 Å². The zero-order valence-electron chi connectivity index (χ0n) is 38.1. The molecule has 71 heavy (non-hydrogen) atoms. The van der Waals surface area contributed by atoms with Crippen molar-refractivity contribution in [2.75, 3.05) is 13.2 Å². The van der Waals surface area contributed by atoms with Gasteiger partial charge in [-0.2, -0.15) is 26.3 Å². The van der Waals surface area contributed by atoms with E-state index in [1.165, 1.54) is 36.4 Å². The summed E-state index contributed by atoms with van der Waals surface area (Å²) in [6.07, 6.45) is 2.96. The Hall–Kier alpha value is -6.32. The predicted molar refractivity (Wildman–Crippen MR) is 244 cm³/mol. The molecule has 6 aromatic rings. The molecule has 0 aliphatic carbocycles. The molecule has 0 saturated carbocycles. The van der Waals surface area contributed by atoms with Gasteiger partial charge in [0.15, 0.2) is 0 Å². The first kappa shape index (κ1) is 54.0. The second kappa shape index (κ2) is 24.2. The lowest BCUT2D eigenvalue weighted by atomic mass is 9.94. The highest BCUT2D eigenvalue weighted by Gasteiger charge is 2.39. The number of hydrogen-bond acceptors (Lipinski definition) is 2. The predicted octanol–water partition coefficient (Wildman–Crippen LogP) is 18.4. The largest absolute Gasteiger partial charge is 0.493 e. The average Bonchev–Trinajstić information content (AvgIpc) is 3.28. The summed E-state index contributed by atoms with van der Waals surface area (Å²) >= 11 is 0. The summed E-state index contributed by atoms with van der Waals surface area (Å²) in [6, 6.07) is 16.4. The number of alkyl halides is 6. The van der Waals surface area contributed by atoms with Crippen molar-refractivity contribution in [1.82, 2.24) is 0 Å². The van der Waals surface area contributed by atoms with Crippen LogP contribution in [0.25, 0.3) is 44.5 Å². The third-order valence-corrected chi connectivity index (χ3v) is 12.0. The molecule has 0 unspecified atom stereocenters. The minimum Gasteiger partial charge on any atom is -0.493 e. The smallest absolute Gasteiger partial charge is 0.422 e. The summed E-state index contributed by atoms with van der Waals surface area (Å²) in [5.41, 5.74) is -5.50. The lowest BCUT2D eigenvalue weighted by Gasteiger charge is -2.13. The van der Waals surface area contributed by atoms with E-state index in [0.717, 1.165) is 113 Å². The van der Waals surface area contributed by atoms with Crippen molar-refractivity contribution in [3.63, 3.8) is 0 Å². The lowest BCUT2D eigenvalue weighted by molar-refractivity contribution is -0.143. The lowest BCUT2D eigenvalue weighted by Crippen LogP contribution is -2.11. The van der Waals surface area contributed by atoms with Gasteiger partial charge in [0.1, 0.15) is 69.2 Å². The maximum atomic E-state index is 15.1. The topological polar surface area (TPSA) is 18.5 Å². The van der Waals surface area contributed by atoms with Gasteiger partial charge in [0.25, 0.3) is 0 Å². The van der Waals surface area contributed by atoms with Gasteiger partial charge in [-0.1, -0.05) is 81.7 Å². The van der Waals surface area contributed by atoms with Gasteiger partial charge in [0.05, 0.1) is 13.2 Å². The molecule has 0 fully saturated rings. The zero-order chi connectivity index (χ0) is 51.5. The highest BCUT2D eigenvalue weighted by molar-refractivity contribution is 5.73. The molecule has 0 aliphatic heterocycles. The van der Waals surface area contributed by atoms with Crippen molar-refractivity contribution >= 4 is 0 Å². The molecular weight excluding hydrogens is 959 g/mol. The molecule has 0 radical (unpaired) electrons. The standard InChI is InChI=1S/C55H48F14O2/c1-2-33(13-9-5-3-7-11-23-70-38-17-21-40(46(58)31-38)34-15-19-42(44(56)25-34)36-27-48(60)52(49(61)28-36)54(64,65)66)14-10-6-4-8-12-24-71-39-18-22-41(47(59)32-39)35-16-20-43(45(57)26-35)37-29-50(62)53(51(63)30-37)55(67,68)69/h2,15-22,25-33H,1,3-14,23-24H2. The molecule has 0 aliphatic rings. The second-order valence-electron chi connectivity index (χ2n) is 17.1. The van der Waals surface area contributed by atoms with Crippen LogP contribution in [-0.2, 0) is 12.4 Å². The highest BCUT2D eigenvalue weighted by Crippen LogP contribution is 2.40. The van der Waals surface area contributed by atoms with Crippen molar-refractivity contribution in [2.45, 2.75) is 89.4 Å². The van der Waals surface area contributed by atoms with Crippen LogP contribution in [0.4, 0.5) is 61.5 Å². The first-order valence-electron chi connectivity index (χ1n) is 23.0. The number of allylic oxidation sites excluding steroid dienone is 1. The number of ether oxygens (including phenoxy) is 2. The van der Waals surface area contributed by atoms with Gasteiger partial charge in [0.2, 0.25) is 0 Å². The third-order valence-electron chi connectivity index (χ3n) is 12.0. The van der Waals surface area contributed by atoms with Crippen LogP contribution < -0.4 is 9.47 Å². The zero-order valence-corrected chi connectivity index (χ0v) is 38.1. The van der Waals surface area contributed by atoms with Crippen molar-refractivity contribution in [3.05, 3.63) is 167 Å². The monoisotopic (exact) mass is 1010 g/mol. The second-order valence-corrected chi connectivity index (χ2v) is 17.1. The summed E-state index contributed by atoms with van der Waals surface area (Å²) in [5.74, 6) is -10.0. The van der Waals surface area contributed by atoms with Gasteiger partial charge in [-0.3, -0.25) is 0 Å². The van der Waals surface area contributed by atoms with Crippen LogP contribution in [0.2, 0.25) is 0 Å². The van der Waals surface area contributed by atoms with Crippen molar-refractivity contribution in [1.29, 1.82) is 0 Å². The summed E-state index contributed by atoms with van der Waals surface area (Å²) < 4.78 is 206. The quantitative estimate of drug-likeness (QED) is 0.0362. The molecule has 0 atom stereocenters. The molecule has 6 rings (SSSR count). The third kappa shape index (κ3) is 14.4. The molecule has 16 heteroatoms. The minimum atomic E-state index is -5.27. The van der Waals surface area contributed by atoms with Crippen LogP contribution >= 0.6 is 0 Å². The average molecular weight is 1010 g/mol. The number of halogens is 14. The maximum Gasteiger partial charge on any atom is 0.422 e. The Morgan fingerprint density at radius 3 is 0.986 bits per heavy atom. The van der Waals surface area contributed by atoms with E-state index in [9.17, 15) is 43.9 Å². The molecular formula is C55H48F14O2. The van der Waals surface area contributed by atoms with Crippen LogP contribution in [0.3, 0.4) is 0 Å². The van der Waals surface area contributed by atoms with Gasteiger partial charge in [-0.05, 0) is 115 Å². The number of unbranched alkanes of at least 4 members (excludes halogenated alkanes) is 8. The molecule has 0 amide bonds. The Balaban J connectivity index is 0.817. The molecule has 378 valence electrons. The van der Waals surface area contributed by atoms with Crippen LogP contribution in [0.1, 0.15) is 88.2 Å². The Labute approximate surface area is 402 Å². The minimum absolute atomic E-state index is 0.0241. The van der Waals surface area contributed by atoms with E-state index in [4.69, 9.17) is 9.47 Å². The number of hydrogen-bond donors (Lipinski definition) is 0. The Kier molecular flexibility index (Phi) is 18.4. The van der Waals surface area contributed by atoms with E-state index in [1.807, 2.05) is 6.08 Å². The van der Waals surface area contributed by atoms with Crippen LogP contribution in [0.5, 0.6) is 11.5 Å². The summed E-state index contributed by atoms with van der Waals surface area (Å²) in [4.78, 5) is 0. The van der Waals surface area contributed by atoms with Gasteiger partial charge >= 0.3 is 12.4 Å². The van der Waals surface area contributed by atoms with Crippen LogP contribution in [-0.4, -0.2) is 13.2 Å².